The second-order valence-corrected chi connectivity index (χ2v) is 3.51. The van der Waals surface area contributed by atoms with Gasteiger partial charge in [0.15, 0.2) is 0 Å². The van der Waals surface area contributed by atoms with Gasteiger partial charge in [0.1, 0.15) is 12.4 Å². The first-order valence-corrected chi connectivity index (χ1v) is 4.90. The van der Waals surface area contributed by atoms with Gasteiger partial charge in [0.2, 0.25) is 0 Å². The molecule has 0 saturated carbocycles. The van der Waals surface area contributed by atoms with Crippen molar-refractivity contribution in [2.75, 3.05) is 13.2 Å². The van der Waals surface area contributed by atoms with E-state index in [1.807, 2.05) is 6.07 Å². The summed E-state index contributed by atoms with van der Waals surface area (Å²) in [6, 6.07) is 1.85. The van der Waals surface area contributed by atoms with Crippen LogP contribution in [0.4, 0.5) is 0 Å². The van der Waals surface area contributed by atoms with Crippen molar-refractivity contribution in [1.82, 2.24) is 9.97 Å². The number of aliphatic hydroxyl groups excluding tert-OH is 1. The van der Waals surface area contributed by atoms with E-state index in [9.17, 15) is 5.11 Å². The molecule has 14 heavy (non-hydrogen) atoms. The van der Waals surface area contributed by atoms with Gasteiger partial charge < -0.3 is 9.84 Å². The zero-order valence-corrected chi connectivity index (χ0v) is 7.97. The quantitative estimate of drug-likeness (QED) is 0.761. The van der Waals surface area contributed by atoms with Gasteiger partial charge in [0, 0.05) is 25.3 Å². The third-order valence-corrected chi connectivity index (χ3v) is 2.58. The van der Waals surface area contributed by atoms with Crippen LogP contribution in [0, 0.1) is 5.92 Å². The van der Waals surface area contributed by atoms with Crippen LogP contribution in [0.1, 0.15) is 24.6 Å². The summed E-state index contributed by atoms with van der Waals surface area (Å²) in [5.74, 6) is 0.179. The molecule has 0 aromatic carbocycles. The molecule has 0 aliphatic carbocycles. The second-order valence-electron chi connectivity index (χ2n) is 3.51. The van der Waals surface area contributed by atoms with Crippen molar-refractivity contribution in [2.45, 2.75) is 18.9 Å². The van der Waals surface area contributed by atoms with Crippen LogP contribution in [0.15, 0.2) is 18.6 Å². The second kappa shape index (κ2) is 4.48. The monoisotopic (exact) mass is 194 g/mol. The summed E-state index contributed by atoms with van der Waals surface area (Å²) in [6.07, 6.45) is 5.19. The SMILES string of the molecule is OCC1CCCOC1c1ccncn1. The number of hydrogen-bond acceptors (Lipinski definition) is 4. The largest absolute Gasteiger partial charge is 0.396 e. The molecule has 0 amide bonds. The molecule has 2 heterocycles. The Morgan fingerprint density at radius 3 is 3.21 bits per heavy atom. The van der Waals surface area contributed by atoms with Crippen LogP contribution in [0.2, 0.25) is 0 Å². The average Bonchev–Trinajstić information content (AvgIpc) is 2.30. The predicted molar refractivity (Wildman–Crippen MR) is 50.5 cm³/mol. The van der Waals surface area contributed by atoms with E-state index in [0.717, 1.165) is 25.1 Å². The molecule has 1 aromatic heterocycles. The number of rotatable bonds is 2. The molecular weight excluding hydrogens is 180 g/mol. The first-order chi connectivity index (χ1) is 6.92. The minimum absolute atomic E-state index is 0.0586. The Morgan fingerprint density at radius 2 is 2.50 bits per heavy atom. The van der Waals surface area contributed by atoms with Gasteiger partial charge in [0.05, 0.1) is 5.69 Å². The van der Waals surface area contributed by atoms with E-state index in [0.29, 0.717) is 0 Å². The standard InChI is InChI=1S/C10H14N2O2/c13-6-8-2-1-5-14-10(8)9-3-4-11-7-12-9/h3-4,7-8,10,13H,1-2,5-6H2. The van der Waals surface area contributed by atoms with Gasteiger partial charge in [0.25, 0.3) is 0 Å². The molecule has 2 atom stereocenters. The van der Waals surface area contributed by atoms with Gasteiger partial charge in [-0.3, -0.25) is 0 Å². The van der Waals surface area contributed by atoms with E-state index in [1.54, 1.807) is 6.20 Å². The maximum Gasteiger partial charge on any atom is 0.115 e. The highest BCUT2D eigenvalue weighted by molar-refractivity contribution is 5.04. The molecule has 1 aliphatic heterocycles. The highest BCUT2D eigenvalue weighted by Crippen LogP contribution is 2.31. The van der Waals surface area contributed by atoms with Crippen molar-refractivity contribution in [3.8, 4) is 0 Å². The molecule has 0 spiro atoms. The lowest BCUT2D eigenvalue weighted by molar-refractivity contribution is -0.0480. The van der Waals surface area contributed by atoms with Crippen LogP contribution in [-0.2, 0) is 4.74 Å². The molecule has 76 valence electrons. The highest BCUT2D eigenvalue weighted by Gasteiger charge is 2.27. The maximum absolute atomic E-state index is 9.20. The maximum atomic E-state index is 9.20. The lowest BCUT2D eigenvalue weighted by Gasteiger charge is -2.29. The van der Waals surface area contributed by atoms with Gasteiger partial charge in [-0.2, -0.15) is 0 Å². The van der Waals surface area contributed by atoms with Crippen molar-refractivity contribution in [2.24, 2.45) is 5.92 Å². The molecule has 1 saturated heterocycles. The Balaban J connectivity index is 2.15. The van der Waals surface area contributed by atoms with Crippen LogP contribution in [-0.4, -0.2) is 28.3 Å². The lowest BCUT2D eigenvalue weighted by atomic mass is 9.93. The summed E-state index contributed by atoms with van der Waals surface area (Å²) in [7, 11) is 0. The highest BCUT2D eigenvalue weighted by atomic mass is 16.5. The number of aromatic nitrogens is 2. The summed E-state index contributed by atoms with van der Waals surface area (Å²) < 4.78 is 5.62. The molecule has 2 unspecified atom stereocenters. The van der Waals surface area contributed by atoms with Crippen LogP contribution < -0.4 is 0 Å². The van der Waals surface area contributed by atoms with E-state index in [4.69, 9.17) is 4.74 Å². The Kier molecular flexibility index (Phi) is 3.06. The number of aliphatic hydroxyl groups is 1. The molecule has 0 bridgehead atoms. The normalized spacial score (nSPS) is 27.5. The summed E-state index contributed by atoms with van der Waals surface area (Å²) in [5, 5.41) is 9.20. The number of nitrogens with zero attached hydrogens (tertiary/aromatic N) is 2. The minimum atomic E-state index is -0.0586. The van der Waals surface area contributed by atoms with Crippen LogP contribution in [0.25, 0.3) is 0 Å². The Labute approximate surface area is 83.0 Å². The first kappa shape index (κ1) is 9.55. The van der Waals surface area contributed by atoms with E-state index in [1.165, 1.54) is 6.33 Å². The molecule has 1 N–H and O–H groups in total. The van der Waals surface area contributed by atoms with Gasteiger partial charge in [-0.1, -0.05) is 0 Å². The fourth-order valence-electron chi connectivity index (χ4n) is 1.83. The third kappa shape index (κ3) is 1.91. The van der Waals surface area contributed by atoms with Crippen molar-refractivity contribution in [3.05, 3.63) is 24.3 Å². The van der Waals surface area contributed by atoms with Crippen molar-refractivity contribution in [3.63, 3.8) is 0 Å². The van der Waals surface area contributed by atoms with Crippen molar-refractivity contribution in [1.29, 1.82) is 0 Å². The molecule has 4 nitrogen and oxygen atoms in total. The molecule has 1 aliphatic rings. The topological polar surface area (TPSA) is 55.2 Å². The Hall–Kier alpha value is -1.00. The zero-order valence-electron chi connectivity index (χ0n) is 7.97. The third-order valence-electron chi connectivity index (χ3n) is 2.58. The van der Waals surface area contributed by atoms with Gasteiger partial charge in [-0.25, -0.2) is 9.97 Å². The zero-order chi connectivity index (χ0) is 9.80. The van der Waals surface area contributed by atoms with Crippen LogP contribution >= 0.6 is 0 Å². The lowest BCUT2D eigenvalue weighted by Crippen LogP contribution is -2.25. The first-order valence-electron chi connectivity index (χ1n) is 4.90. The van der Waals surface area contributed by atoms with E-state index in [2.05, 4.69) is 9.97 Å². The van der Waals surface area contributed by atoms with Gasteiger partial charge in [-0.15, -0.1) is 0 Å². The molecular formula is C10H14N2O2. The number of ether oxygens (including phenoxy) is 1. The summed E-state index contributed by atoms with van der Waals surface area (Å²) in [5.41, 5.74) is 0.874. The van der Waals surface area contributed by atoms with Crippen molar-refractivity contribution < 1.29 is 9.84 Å². The molecule has 2 rings (SSSR count). The summed E-state index contributed by atoms with van der Waals surface area (Å²) in [6.45, 7) is 0.917. The summed E-state index contributed by atoms with van der Waals surface area (Å²) in [4.78, 5) is 8.02. The fourth-order valence-corrected chi connectivity index (χ4v) is 1.83. The molecule has 0 radical (unpaired) electrons. The average molecular weight is 194 g/mol. The van der Waals surface area contributed by atoms with E-state index in [-0.39, 0.29) is 18.6 Å². The smallest absolute Gasteiger partial charge is 0.115 e. The Bertz CT molecular complexity index is 279. The van der Waals surface area contributed by atoms with Crippen LogP contribution in [0.3, 0.4) is 0 Å². The van der Waals surface area contributed by atoms with Crippen LogP contribution in [0.5, 0.6) is 0 Å². The minimum Gasteiger partial charge on any atom is -0.396 e. The number of hydrogen-bond donors (Lipinski definition) is 1. The molecule has 1 aromatic rings. The Morgan fingerprint density at radius 1 is 1.57 bits per heavy atom. The summed E-state index contributed by atoms with van der Waals surface area (Å²) >= 11 is 0. The fraction of sp³-hybridized carbons (Fsp3) is 0.600. The van der Waals surface area contributed by atoms with Gasteiger partial charge in [-0.05, 0) is 18.9 Å². The van der Waals surface area contributed by atoms with E-state index >= 15 is 0 Å². The predicted octanol–water partition coefficient (Wildman–Crippen LogP) is 0.937. The van der Waals surface area contributed by atoms with Gasteiger partial charge >= 0.3 is 0 Å². The van der Waals surface area contributed by atoms with Crippen molar-refractivity contribution >= 4 is 0 Å². The molecule has 4 heteroatoms. The molecule has 1 fully saturated rings. The van der Waals surface area contributed by atoms with E-state index < -0.39 is 0 Å².